The normalized spacial score (nSPS) is 11.0. The second-order valence-electron chi connectivity index (χ2n) is 3.94. The van der Waals surface area contributed by atoms with E-state index >= 15 is 0 Å². The molecule has 0 unspecified atom stereocenters. The molecule has 0 aliphatic heterocycles. The van der Waals surface area contributed by atoms with Gasteiger partial charge in [-0.25, -0.2) is 9.50 Å². The number of rotatable bonds is 2. The third-order valence-corrected chi connectivity index (χ3v) is 2.97. The van der Waals surface area contributed by atoms with Crippen molar-refractivity contribution in [2.45, 2.75) is 6.54 Å². The highest BCUT2D eigenvalue weighted by Crippen LogP contribution is 2.20. The standard InChI is InChI=1S/C13H11ClN4/c14-10-4-1-3-9(7-10)13-16-12-6-2-5-11(8-15)18(12)17-13/h1-7H,8,15H2. The predicted octanol–water partition coefficient (Wildman–Crippen LogP) is 2.51. The molecule has 3 rings (SSSR count). The van der Waals surface area contributed by atoms with Crippen LogP contribution in [0.2, 0.25) is 5.02 Å². The molecule has 0 radical (unpaired) electrons. The smallest absolute Gasteiger partial charge is 0.182 e. The molecular formula is C13H11ClN4. The van der Waals surface area contributed by atoms with Gasteiger partial charge in [0.05, 0.1) is 5.69 Å². The fourth-order valence-electron chi connectivity index (χ4n) is 1.86. The molecule has 4 nitrogen and oxygen atoms in total. The summed E-state index contributed by atoms with van der Waals surface area (Å²) in [4.78, 5) is 4.47. The molecule has 0 saturated heterocycles. The van der Waals surface area contributed by atoms with Crippen LogP contribution in [0.1, 0.15) is 5.69 Å². The Bertz CT molecular complexity index is 705. The maximum atomic E-state index is 5.97. The molecule has 5 heteroatoms. The molecule has 0 spiro atoms. The molecule has 0 bridgehead atoms. The van der Waals surface area contributed by atoms with Gasteiger partial charge in [0.2, 0.25) is 0 Å². The zero-order chi connectivity index (χ0) is 12.5. The molecule has 0 fully saturated rings. The molecule has 2 aromatic heterocycles. The number of hydrogen-bond donors (Lipinski definition) is 1. The first-order valence-corrected chi connectivity index (χ1v) is 5.96. The summed E-state index contributed by atoms with van der Waals surface area (Å²) in [5.41, 5.74) is 8.29. The monoisotopic (exact) mass is 258 g/mol. The Hall–Kier alpha value is -1.91. The van der Waals surface area contributed by atoms with Crippen molar-refractivity contribution < 1.29 is 0 Å². The molecule has 18 heavy (non-hydrogen) atoms. The lowest BCUT2D eigenvalue weighted by Crippen LogP contribution is -2.04. The number of fused-ring (bicyclic) bond motifs is 1. The fraction of sp³-hybridized carbons (Fsp3) is 0.0769. The number of halogens is 1. The van der Waals surface area contributed by atoms with Gasteiger partial charge in [-0.3, -0.25) is 0 Å². The first-order chi connectivity index (χ1) is 8.78. The van der Waals surface area contributed by atoms with Gasteiger partial charge >= 0.3 is 0 Å². The van der Waals surface area contributed by atoms with E-state index in [9.17, 15) is 0 Å². The zero-order valence-electron chi connectivity index (χ0n) is 9.55. The van der Waals surface area contributed by atoms with E-state index in [4.69, 9.17) is 17.3 Å². The molecule has 1 aromatic carbocycles. The van der Waals surface area contributed by atoms with E-state index in [1.807, 2.05) is 42.5 Å². The molecule has 0 atom stereocenters. The van der Waals surface area contributed by atoms with Crippen LogP contribution in [0.4, 0.5) is 0 Å². The van der Waals surface area contributed by atoms with E-state index in [0.29, 0.717) is 17.4 Å². The Morgan fingerprint density at radius 3 is 2.78 bits per heavy atom. The van der Waals surface area contributed by atoms with Gasteiger partial charge in [-0.1, -0.05) is 29.8 Å². The summed E-state index contributed by atoms with van der Waals surface area (Å²) in [5.74, 6) is 0.651. The summed E-state index contributed by atoms with van der Waals surface area (Å²) >= 11 is 5.97. The van der Waals surface area contributed by atoms with E-state index in [0.717, 1.165) is 16.9 Å². The van der Waals surface area contributed by atoms with Crippen LogP contribution in [0, 0.1) is 0 Å². The highest BCUT2D eigenvalue weighted by atomic mass is 35.5. The van der Waals surface area contributed by atoms with Gasteiger partial charge in [0, 0.05) is 17.1 Å². The van der Waals surface area contributed by atoms with E-state index in [2.05, 4.69) is 10.1 Å². The Labute approximate surface area is 109 Å². The number of nitrogens with zero attached hydrogens (tertiary/aromatic N) is 3. The van der Waals surface area contributed by atoms with Crippen LogP contribution in [0.15, 0.2) is 42.5 Å². The summed E-state index contributed by atoms with van der Waals surface area (Å²) in [7, 11) is 0. The molecule has 2 heterocycles. The maximum absolute atomic E-state index is 5.97. The number of benzene rings is 1. The minimum atomic E-state index is 0.426. The lowest BCUT2D eigenvalue weighted by molar-refractivity contribution is 0.852. The van der Waals surface area contributed by atoms with Gasteiger partial charge in [-0.05, 0) is 24.3 Å². The second kappa shape index (κ2) is 4.40. The summed E-state index contributed by atoms with van der Waals surface area (Å²) in [6.45, 7) is 0.426. The quantitative estimate of drug-likeness (QED) is 0.768. The number of aromatic nitrogens is 3. The average Bonchev–Trinajstić information content (AvgIpc) is 2.82. The first kappa shape index (κ1) is 11.2. The van der Waals surface area contributed by atoms with Crippen molar-refractivity contribution >= 4 is 17.2 Å². The maximum Gasteiger partial charge on any atom is 0.182 e. The minimum Gasteiger partial charge on any atom is -0.325 e. The van der Waals surface area contributed by atoms with Gasteiger partial charge < -0.3 is 5.73 Å². The minimum absolute atomic E-state index is 0.426. The van der Waals surface area contributed by atoms with Gasteiger partial charge in [0.15, 0.2) is 11.5 Å². The molecule has 0 amide bonds. The van der Waals surface area contributed by atoms with Crippen molar-refractivity contribution in [3.63, 3.8) is 0 Å². The number of nitrogens with two attached hydrogens (primary N) is 1. The van der Waals surface area contributed by atoms with Crippen molar-refractivity contribution in [3.05, 3.63) is 53.2 Å². The van der Waals surface area contributed by atoms with Crippen LogP contribution in [0.5, 0.6) is 0 Å². The average molecular weight is 259 g/mol. The lowest BCUT2D eigenvalue weighted by Gasteiger charge is -1.98. The third kappa shape index (κ3) is 1.85. The highest BCUT2D eigenvalue weighted by molar-refractivity contribution is 6.30. The summed E-state index contributed by atoms with van der Waals surface area (Å²) in [6.07, 6.45) is 0. The van der Waals surface area contributed by atoms with Crippen LogP contribution in [-0.2, 0) is 6.54 Å². The Morgan fingerprint density at radius 1 is 1.17 bits per heavy atom. The van der Waals surface area contributed by atoms with Crippen molar-refractivity contribution in [2.24, 2.45) is 5.73 Å². The van der Waals surface area contributed by atoms with Crippen LogP contribution < -0.4 is 5.73 Å². The van der Waals surface area contributed by atoms with Gasteiger partial charge in [0.25, 0.3) is 0 Å². The number of hydrogen-bond acceptors (Lipinski definition) is 3. The van der Waals surface area contributed by atoms with Crippen molar-refractivity contribution in [1.82, 2.24) is 14.6 Å². The van der Waals surface area contributed by atoms with Crippen molar-refractivity contribution in [1.29, 1.82) is 0 Å². The predicted molar refractivity (Wildman–Crippen MR) is 71.3 cm³/mol. The third-order valence-electron chi connectivity index (χ3n) is 2.73. The lowest BCUT2D eigenvalue weighted by atomic mass is 10.2. The molecular weight excluding hydrogens is 248 g/mol. The molecule has 2 N–H and O–H groups in total. The summed E-state index contributed by atoms with van der Waals surface area (Å²) < 4.78 is 1.76. The highest BCUT2D eigenvalue weighted by Gasteiger charge is 2.08. The topological polar surface area (TPSA) is 56.2 Å². The Balaban J connectivity index is 2.19. The van der Waals surface area contributed by atoms with E-state index in [-0.39, 0.29) is 0 Å². The Kier molecular flexibility index (Phi) is 2.74. The van der Waals surface area contributed by atoms with Crippen LogP contribution >= 0.6 is 11.6 Å². The number of pyridine rings is 1. The molecule has 3 aromatic rings. The molecule has 0 saturated carbocycles. The molecule has 90 valence electrons. The second-order valence-corrected chi connectivity index (χ2v) is 4.37. The largest absolute Gasteiger partial charge is 0.325 e. The van der Waals surface area contributed by atoms with Crippen molar-refractivity contribution in [2.75, 3.05) is 0 Å². The fourth-order valence-corrected chi connectivity index (χ4v) is 2.05. The Morgan fingerprint density at radius 2 is 2.00 bits per heavy atom. The van der Waals surface area contributed by atoms with Crippen LogP contribution in [0.25, 0.3) is 17.0 Å². The van der Waals surface area contributed by atoms with Crippen LogP contribution in [0.3, 0.4) is 0 Å². The van der Waals surface area contributed by atoms with Crippen LogP contribution in [-0.4, -0.2) is 14.6 Å². The summed E-state index contributed by atoms with van der Waals surface area (Å²) in [5, 5.41) is 5.13. The van der Waals surface area contributed by atoms with E-state index in [1.165, 1.54) is 0 Å². The molecule has 0 aliphatic rings. The van der Waals surface area contributed by atoms with Gasteiger partial charge in [-0.15, -0.1) is 5.10 Å². The molecule has 0 aliphatic carbocycles. The van der Waals surface area contributed by atoms with E-state index < -0.39 is 0 Å². The first-order valence-electron chi connectivity index (χ1n) is 5.58. The van der Waals surface area contributed by atoms with Gasteiger partial charge in [-0.2, -0.15) is 0 Å². The van der Waals surface area contributed by atoms with Crippen molar-refractivity contribution in [3.8, 4) is 11.4 Å². The summed E-state index contributed by atoms with van der Waals surface area (Å²) in [6, 6.07) is 13.2. The van der Waals surface area contributed by atoms with E-state index in [1.54, 1.807) is 4.52 Å². The zero-order valence-corrected chi connectivity index (χ0v) is 10.3. The van der Waals surface area contributed by atoms with Gasteiger partial charge in [0.1, 0.15) is 0 Å². The SMILES string of the molecule is NCc1cccc2nc(-c3cccc(Cl)c3)nn12.